The fourth-order valence-electron chi connectivity index (χ4n) is 1.85. The zero-order valence-corrected chi connectivity index (χ0v) is 15.3. The van der Waals surface area contributed by atoms with Crippen LogP contribution in [0.25, 0.3) is 0 Å². The molecule has 0 heterocycles. The highest BCUT2D eigenvalue weighted by Crippen LogP contribution is 2.30. The normalized spacial score (nSPS) is 11.7. The van der Waals surface area contributed by atoms with Crippen molar-refractivity contribution in [3.63, 3.8) is 0 Å². The first kappa shape index (κ1) is 18.6. The zero-order valence-electron chi connectivity index (χ0n) is 13.0. The highest BCUT2D eigenvalue weighted by Gasteiger charge is 2.20. The molecule has 0 unspecified atom stereocenters. The third kappa shape index (κ3) is 4.66. The topological polar surface area (TPSA) is 55.4 Å². The molecule has 24 heavy (non-hydrogen) atoms. The Hall–Kier alpha value is -1.69. The maximum Gasteiger partial charge on any atom is 0.338 e. The first-order valence-corrected chi connectivity index (χ1v) is 9.00. The molecule has 0 radical (unpaired) electrons. The Labute approximate surface area is 154 Å². The zero-order chi connectivity index (χ0) is 17.7. The molecule has 0 saturated carbocycles. The van der Waals surface area contributed by atoms with Crippen LogP contribution in [-0.4, -0.2) is 24.2 Å². The van der Waals surface area contributed by atoms with Crippen molar-refractivity contribution in [2.75, 3.05) is 11.6 Å². The monoisotopic (exact) mass is 383 g/mol. The van der Waals surface area contributed by atoms with Crippen LogP contribution >= 0.6 is 35.0 Å². The lowest BCUT2D eigenvalue weighted by molar-refractivity contribution is -0.123. The van der Waals surface area contributed by atoms with Crippen LogP contribution in [-0.2, 0) is 9.53 Å². The minimum atomic E-state index is -0.995. The fourth-order valence-corrected chi connectivity index (χ4v) is 2.75. The number of rotatable bonds is 5. The van der Waals surface area contributed by atoms with E-state index in [1.165, 1.54) is 6.92 Å². The number of esters is 1. The minimum Gasteiger partial charge on any atom is -0.449 e. The summed E-state index contributed by atoms with van der Waals surface area (Å²) in [4.78, 5) is 25.3. The minimum absolute atomic E-state index is 0.290. The van der Waals surface area contributed by atoms with Crippen LogP contribution in [0.5, 0.6) is 0 Å². The van der Waals surface area contributed by atoms with Gasteiger partial charge in [-0.15, -0.1) is 11.8 Å². The summed E-state index contributed by atoms with van der Waals surface area (Å²) in [6.07, 6.45) is 0.949. The predicted molar refractivity (Wildman–Crippen MR) is 98.2 cm³/mol. The van der Waals surface area contributed by atoms with E-state index in [-0.39, 0.29) is 5.69 Å². The van der Waals surface area contributed by atoms with E-state index in [2.05, 4.69) is 5.32 Å². The second-order valence-corrected chi connectivity index (χ2v) is 6.56. The van der Waals surface area contributed by atoms with Gasteiger partial charge in [0.1, 0.15) is 0 Å². The SMILES string of the molecule is CSc1ccc(C(=O)O[C@@H](C)C(=O)Nc2c(Cl)cccc2Cl)cc1. The average Bonchev–Trinajstić information content (AvgIpc) is 2.58. The molecule has 0 saturated heterocycles. The Bertz CT molecular complexity index is 730. The molecule has 0 aromatic heterocycles. The van der Waals surface area contributed by atoms with E-state index in [9.17, 15) is 9.59 Å². The van der Waals surface area contributed by atoms with Crippen LogP contribution < -0.4 is 5.32 Å². The number of para-hydroxylation sites is 1. The van der Waals surface area contributed by atoms with Crippen molar-refractivity contribution in [3.8, 4) is 0 Å². The highest BCUT2D eigenvalue weighted by atomic mass is 35.5. The van der Waals surface area contributed by atoms with Crippen molar-refractivity contribution < 1.29 is 14.3 Å². The molecule has 1 N–H and O–H groups in total. The van der Waals surface area contributed by atoms with E-state index in [1.54, 1.807) is 42.1 Å². The molecule has 0 bridgehead atoms. The number of halogens is 2. The number of benzene rings is 2. The summed E-state index contributed by atoms with van der Waals surface area (Å²) < 4.78 is 5.18. The van der Waals surface area contributed by atoms with E-state index in [1.807, 2.05) is 18.4 Å². The molecule has 2 rings (SSSR count). The van der Waals surface area contributed by atoms with Crippen LogP contribution in [0.1, 0.15) is 17.3 Å². The number of ether oxygens (including phenoxy) is 1. The van der Waals surface area contributed by atoms with Gasteiger partial charge in [0.05, 0.1) is 21.3 Å². The first-order chi connectivity index (χ1) is 11.4. The fraction of sp³-hybridized carbons (Fsp3) is 0.176. The smallest absolute Gasteiger partial charge is 0.338 e. The molecule has 1 atom stereocenters. The summed E-state index contributed by atoms with van der Waals surface area (Å²) in [7, 11) is 0. The number of carbonyl (C=O) groups excluding carboxylic acids is 2. The molecule has 0 aliphatic carbocycles. The molecule has 2 aromatic carbocycles. The van der Waals surface area contributed by atoms with Gasteiger partial charge in [0.2, 0.25) is 0 Å². The Morgan fingerprint density at radius 2 is 1.67 bits per heavy atom. The van der Waals surface area contributed by atoms with Crippen molar-refractivity contribution in [2.24, 2.45) is 0 Å². The number of hydrogen-bond acceptors (Lipinski definition) is 4. The maximum atomic E-state index is 12.2. The predicted octanol–water partition coefficient (Wildman–Crippen LogP) is 4.90. The molecule has 0 fully saturated rings. The lowest BCUT2D eigenvalue weighted by Gasteiger charge is -2.15. The number of nitrogens with one attached hydrogen (secondary N) is 1. The van der Waals surface area contributed by atoms with Crippen molar-refractivity contribution >= 4 is 52.5 Å². The van der Waals surface area contributed by atoms with Gasteiger partial charge in [-0.05, 0) is 49.6 Å². The molecule has 4 nitrogen and oxygen atoms in total. The van der Waals surface area contributed by atoms with Gasteiger partial charge >= 0.3 is 5.97 Å². The van der Waals surface area contributed by atoms with E-state index >= 15 is 0 Å². The van der Waals surface area contributed by atoms with Crippen molar-refractivity contribution in [3.05, 3.63) is 58.1 Å². The van der Waals surface area contributed by atoms with Gasteiger partial charge in [0.15, 0.2) is 6.10 Å². The lowest BCUT2D eigenvalue weighted by Crippen LogP contribution is -2.30. The van der Waals surface area contributed by atoms with E-state index in [4.69, 9.17) is 27.9 Å². The lowest BCUT2D eigenvalue weighted by atomic mass is 10.2. The van der Waals surface area contributed by atoms with Gasteiger partial charge in [-0.3, -0.25) is 4.79 Å². The Morgan fingerprint density at radius 3 is 2.21 bits per heavy atom. The van der Waals surface area contributed by atoms with Gasteiger partial charge in [-0.25, -0.2) is 4.79 Å². The number of amides is 1. The molecule has 2 aromatic rings. The van der Waals surface area contributed by atoms with Crippen LogP contribution in [0, 0.1) is 0 Å². The van der Waals surface area contributed by atoms with Gasteiger partial charge in [-0.2, -0.15) is 0 Å². The van der Waals surface area contributed by atoms with Gasteiger partial charge in [0, 0.05) is 4.90 Å². The summed E-state index contributed by atoms with van der Waals surface area (Å²) in [6.45, 7) is 1.48. The second-order valence-electron chi connectivity index (χ2n) is 4.86. The highest BCUT2D eigenvalue weighted by molar-refractivity contribution is 7.98. The standard InChI is InChI=1S/C17H15Cl2NO3S/c1-10(16(21)20-15-13(18)4-3-5-14(15)19)23-17(22)11-6-8-12(24-2)9-7-11/h3-10H,1-2H3,(H,20,21)/t10-/m0/s1. The van der Waals surface area contributed by atoms with Crippen molar-refractivity contribution in [1.29, 1.82) is 0 Å². The first-order valence-electron chi connectivity index (χ1n) is 7.02. The Balaban J connectivity index is 2.01. The van der Waals surface area contributed by atoms with Gasteiger partial charge in [-0.1, -0.05) is 29.3 Å². The molecule has 0 spiro atoms. The van der Waals surface area contributed by atoms with Gasteiger partial charge < -0.3 is 10.1 Å². The summed E-state index contributed by atoms with van der Waals surface area (Å²) in [5.41, 5.74) is 0.668. The Kier molecular flexibility index (Phi) is 6.54. The van der Waals surface area contributed by atoms with Crippen molar-refractivity contribution in [1.82, 2.24) is 0 Å². The summed E-state index contributed by atoms with van der Waals surface area (Å²) in [6, 6.07) is 11.8. The summed E-state index contributed by atoms with van der Waals surface area (Å²) in [5, 5.41) is 3.18. The summed E-state index contributed by atoms with van der Waals surface area (Å²) >= 11 is 13.6. The molecular formula is C17H15Cl2NO3S. The van der Waals surface area contributed by atoms with Crippen LogP contribution in [0.15, 0.2) is 47.4 Å². The molecule has 1 amide bonds. The number of hydrogen-bond donors (Lipinski definition) is 1. The quantitative estimate of drug-likeness (QED) is 0.589. The third-order valence-electron chi connectivity index (χ3n) is 3.19. The van der Waals surface area contributed by atoms with Crippen LogP contribution in [0.2, 0.25) is 10.0 Å². The van der Waals surface area contributed by atoms with E-state index in [0.29, 0.717) is 15.6 Å². The number of carbonyl (C=O) groups is 2. The molecule has 126 valence electrons. The number of anilines is 1. The van der Waals surface area contributed by atoms with E-state index < -0.39 is 18.0 Å². The van der Waals surface area contributed by atoms with Gasteiger partial charge in [0.25, 0.3) is 5.91 Å². The molecule has 0 aliphatic rings. The second kappa shape index (κ2) is 8.42. The molecule has 7 heteroatoms. The van der Waals surface area contributed by atoms with E-state index in [0.717, 1.165) is 4.90 Å². The summed E-state index contributed by atoms with van der Waals surface area (Å²) in [5.74, 6) is -1.09. The largest absolute Gasteiger partial charge is 0.449 e. The molecule has 0 aliphatic heterocycles. The maximum absolute atomic E-state index is 12.2. The third-order valence-corrected chi connectivity index (χ3v) is 4.56. The van der Waals surface area contributed by atoms with Crippen LogP contribution in [0.4, 0.5) is 5.69 Å². The number of thioether (sulfide) groups is 1. The Morgan fingerprint density at radius 1 is 1.08 bits per heavy atom. The average molecular weight is 384 g/mol. The van der Waals surface area contributed by atoms with Crippen LogP contribution in [0.3, 0.4) is 0 Å². The molecular weight excluding hydrogens is 369 g/mol. The van der Waals surface area contributed by atoms with Crippen molar-refractivity contribution in [2.45, 2.75) is 17.9 Å².